The highest BCUT2D eigenvalue weighted by atomic mass is 16.6. The molecule has 0 atom stereocenters. The summed E-state index contributed by atoms with van der Waals surface area (Å²) in [5.41, 5.74) is 4.70. The summed E-state index contributed by atoms with van der Waals surface area (Å²) in [7, 11) is 0. The Morgan fingerprint density at radius 3 is 2.56 bits per heavy atom. The molecule has 9 heteroatoms. The average Bonchev–Trinajstić information content (AvgIpc) is 2.59. The second-order valence-corrected chi connectivity index (χ2v) is 5.82. The Balaban J connectivity index is 1.89. The lowest BCUT2D eigenvalue weighted by atomic mass is 10.1. The number of hydrazone groups is 1. The largest absolute Gasteiger partial charge is 0.502 e. The van der Waals surface area contributed by atoms with Crippen LogP contribution >= 0.6 is 0 Å². The Kier molecular flexibility index (Phi) is 6.21. The van der Waals surface area contributed by atoms with Crippen LogP contribution in [-0.2, 0) is 9.59 Å². The van der Waals surface area contributed by atoms with Crippen LogP contribution in [0.4, 0.5) is 11.4 Å². The molecule has 0 bridgehead atoms. The van der Waals surface area contributed by atoms with Gasteiger partial charge >= 0.3 is 5.69 Å². The second-order valence-electron chi connectivity index (χ2n) is 5.82. The third kappa shape index (κ3) is 5.63. The number of anilines is 1. The van der Waals surface area contributed by atoms with Crippen molar-refractivity contribution >= 4 is 29.4 Å². The first kappa shape index (κ1) is 19.6. The Bertz CT molecular complexity index is 924. The van der Waals surface area contributed by atoms with Crippen LogP contribution in [-0.4, -0.2) is 28.1 Å². The van der Waals surface area contributed by atoms with Crippen molar-refractivity contribution in [2.24, 2.45) is 5.10 Å². The standard InChI is InChI=1S/C18H18N4O5/c1-11-3-5-14(7-12(11)2)20-17(24)9-18(25)21-19-10-13-4-6-16(23)15(8-13)22(26)27/h3-8,10,23H,9H2,1-2H3,(H,20,24)(H,21,25). The molecule has 0 saturated carbocycles. The number of hydrogen-bond donors (Lipinski definition) is 3. The van der Waals surface area contributed by atoms with Gasteiger partial charge in [-0.2, -0.15) is 5.10 Å². The van der Waals surface area contributed by atoms with Crippen molar-refractivity contribution in [1.82, 2.24) is 5.43 Å². The maximum atomic E-state index is 11.9. The van der Waals surface area contributed by atoms with Gasteiger partial charge in [-0.3, -0.25) is 19.7 Å². The minimum Gasteiger partial charge on any atom is -0.502 e. The molecular weight excluding hydrogens is 352 g/mol. The summed E-state index contributed by atoms with van der Waals surface area (Å²) in [5.74, 6) is -1.60. The van der Waals surface area contributed by atoms with E-state index >= 15 is 0 Å². The molecule has 0 heterocycles. The fourth-order valence-electron chi connectivity index (χ4n) is 2.16. The summed E-state index contributed by atoms with van der Waals surface area (Å²) in [6.45, 7) is 3.87. The number of nitrogens with zero attached hydrogens (tertiary/aromatic N) is 2. The molecule has 2 amide bonds. The number of aromatic hydroxyl groups is 1. The first-order valence-electron chi connectivity index (χ1n) is 7.92. The van der Waals surface area contributed by atoms with Crippen molar-refractivity contribution in [2.75, 3.05) is 5.32 Å². The lowest BCUT2D eigenvalue weighted by Gasteiger charge is -2.07. The van der Waals surface area contributed by atoms with Gasteiger partial charge in [-0.25, -0.2) is 5.43 Å². The zero-order valence-corrected chi connectivity index (χ0v) is 14.7. The fourth-order valence-corrected chi connectivity index (χ4v) is 2.16. The summed E-state index contributed by atoms with van der Waals surface area (Å²) in [6.07, 6.45) is 0.742. The smallest absolute Gasteiger partial charge is 0.311 e. The molecule has 0 saturated heterocycles. The molecule has 3 N–H and O–H groups in total. The van der Waals surface area contributed by atoms with Gasteiger partial charge < -0.3 is 10.4 Å². The first-order valence-corrected chi connectivity index (χ1v) is 7.92. The fraction of sp³-hybridized carbons (Fsp3) is 0.167. The number of nitro groups is 1. The van der Waals surface area contributed by atoms with Gasteiger partial charge in [0, 0.05) is 17.3 Å². The number of phenolic OH excluding ortho intramolecular Hbond substituents is 1. The number of rotatable bonds is 6. The molecule has 0 aromatic heterocycles. The molecule has 0 fully saturated rings. The van der Waals surface area contributed by atoms with Gasteiger partial charge in [-0.15, -0.1) is 0 Å². The summed E-state index contributed by atoms with van der Waals surface area (Å²) in [6, 6.07) is 9.07. The molecule has 0 unspecified atom stereocenters. The lowest BCUT2D eigenvalue weighted by molar-refractivity contribution is -0.385. The van der Waals surface area contributed by atoms with Gasteiger partial charge in [0.1, 0.15) is 6.42 Å². The topological polar surface area (TPSA) is 134 Å². The van der Waals surface area contributed by atoms with E-state index in [-0.39, 0.29) is 0 Å². The monoisotopic (exact) mass is 370 g/mol. The molecule has 9 nitrogen and oxygen atoms in total. The van der Waals surface area contributed by atoms with Crippen LogP contribution in [0.2, 0.25) is 0 Å². The summed E-state index contributed by atoms with van der Waals surface area (Å²) in [5, 5.41) is 26.4. The molecular formula is C18H18N4O5. The Labute approximate surface area is 154 Å². The predicted octanol–water partition coefficient (Wildman–Crippen LogP) is 2.40. The number of nitrogens with one attached hydrogen (secondary N) is 2. The normalized spacial score (nSPS) is 10.6. The number of hydrogen-bond acceptors (Lipinski definition) is 6. The molecule has 2 aromatic rings. The molecule has 0 radical (unpaired) electrons. The van der Waals surface area contributed by atoms with Gasteiger partial charge in [0.05, 0.1) is 11.1 Å². The van der Waals surface area contributed by atoms with E-state index in [2.05, 4.69) is 15.8 Å². The first-order chi connectivity index (χ1) is 12.8. The minimum atomic E-state index is -0.734. The van der Waals surface area contributed by atoms with E-state index in [1.807, 2.05) is 19.9 Å². The van der Waals surface area contributed by atoms with E-state index in [1.165, 1.54) is 12.3 Å². The zero-order valence-electron chi connectivity index (χ0n) is 14.7. The molecule has 0 aliphatic rings. The minimum absolute atomic E-state index is 0.305. The Morgan fingerprint density at radius 2 is 1.89 bits per heavy atom. The van der Waals surface area contributed by atoms with Crippen molar-refractivity contribution in [3.8, 4) is 5.75 Å². The highest BCUT2D eigenvalue weighted by Gasteiger charge is 2.13. The number of carbonyl (C=O) groups is 2. The number of nitro benzene ring substituents is 1. The highest BCUT2D eigenvalue weighted by Crippen LogP contribution is 2.25. The van der Waals surface area contributed by atoms with Crippen molar-refractivity contribution in [3.63, 3.8) is 0 Å². The average molecular weight is 370 g/mol. The molecule has 2 rings (SSSR count). The van der Waals surface area contributed by atoms with Gasteiger partial charge in [0.25, 0.3) is 0 Å². The van der Waals surface area contributed by atoms with Crippen molar-refractivity contribution in [1.29, 1.82) is 0 Å². The van der Waals surface area contributed by atoms with Crippen LogP contribution in [0.3, 0.4) is 0 Å². The van der Waals surface area contributed by atoms with E-state index in [1.54, 1.807) is 12.1 Å². The van der Waals surface area contributed by atoms with Crippen LogP contribution in [0, 0.1) is 24.0 Å². The number of carbonyl (C=O) groups excluding carboxylic acids is 2. The molecule has 140 valence electrons. The summed E-state index contributed by atoms with van der Waals surface area (Å²) < 4.78 is 0. The number of phenols is 1. The number of aryl methyl sites for hydroxylation is 2. The van der Waals surface area contributed by atoms with Gasteiger partial charge in [-0.1, -0.05) is 6.07 Å². The van der Waals surface area contributed by atoms with E-state index in [4.69, 9.17) is 0 Å². The van der Waals surface area contributed by atoms with Crippen LogP contribution in [0.25, 0.3) is 0 Å². The zero-order chi connectivity index (χ0) is 20.0. The Hall–Kier alpha value is -3.75. The maximum Gasteiger partial charge on any atom is 0.311 e. The predicted molar refractivity (Wildman–Crippen MR) is 99.7 cm³/mol. The van der Waals surface area contributed by atoms with Crippen LogP contribution in [0.1, 0.15) is 23.1 Å². The molecule has 0 aliphatic heterocycles. The molecule has 0 aliphatic carbocycles. The van der Waals surface area contributed by atoms with Crippen molar-refractivity contribution in [3.05, 3.63) is 63.2 Å². The maximum absolute atomic E-state index is 11.9. The number of amides is 2. The summed E-state index contributed by atoms with van der Waals surface area (Å²) >= 11 is 0. The van der Waals surface area contributed by atoms with E-state index < -0.39 is 34.6 Å². The van der Waals surface area contributed by atoms with Crippen LogP contribution < -0.4 is 10.7 Å². The van der Waals surface area contributed by atoms with Gasteiger partial charge in [-0.05, 0) is 49.2 Å². The Morgan fingerprint density at radius 1 is 1.15 bits per heavy atom. The highest BCUT2D eigenvalue weighted by molar-refractivity contribution is 6.03. The van der Waals surface area contributed by atoms with Crippen molar-refractivity contribution < 1.29 is 19.6 Å². The molecule has 27 heavy (non-hydrogen) atoms. The van der Waals surface area contributed by atoms with E-state index in [9.17, 15) is 24.8 Å². The molecule has 0 spiro atoms. The van der Waals surface area contributed by atoms with Crippen LogP contribution in [0.15, 0.2) is 41.5 Å². The van der Waals surface area contributed by atoms with Crippen molar-refractivity contribution in [2.45, 2.75) is 20.3 Å². The third-order valence-electron chi connectivity index (χ3n) is 3.71. The second kappa shape index (κ2) is 8.56. The van der Waals surface area contributed by atoms with Gasteiger partial charge in [0.2, 0.25) is 11.8 Å². The summed E-state index contributed by atoms with van der Waals surface area (Å²) in [4.78, 5) is 33.7. The van der Waals surface area contributed by atoms with Gasteiger partial charge in [0.15, 0.2) is 5.75 Å². The van der Waals surface area contributed by atoms with E-state index in [0.29, 0.717) is 11.3 Å². The third-order valence-corrected chi connectivity index (χ3v) is 3.71. The number of benzene rings is 2. The SMILES string of the molecule is Cc1ccc(NC(=O)CC(=O)NN=Cc2ccc(O)c([N+](=O)[O-])c2)cc1C. The quantitative estimate of drug-likeness (QED) is 0.311. The van der Waals surface area contributed by atoms with E-state index in [0.717, 1.165) is 23.3 Å². The van der Waals surface area contributed by atoms with Crippen LogP contribution in [0.5, 0.6) is 5.75 Å². The lowest BCUT2D eigenvalue weighted by Crippen LogP contribution is -2.24. The molecule has 2 aromatic carbocycles.